The highest BCUT2D eigenvalue weighted by Crippen LogP contribution is 2.32. The van der Waals surface area contributed by atoms with Crippen LogP contribution in [0.3, 0.4) is 0 Å². The van der Waals surface area contributed by atoms with Crippen molar-refractivity contribution in [3.63, 3.8) is 0 Å². The van der Waals surface area contributed by atoms with E-state index < -0.39 is 38.2 Å². The van der Waals surface area contributed by atoms with E-state index in [1.807, 2.05) is 18.0 Å². The molecule has 0 radical (unpaired) electrons. The maximum Gasteiger partial charge on any atom is 0.325 e. The smallest absolute Gasteiger partial charge is 0.325 e. The molecule has 5 rings (SSSR count). The van der Waals surface area contributed by atoms with E-state index in [0.717, 1.165) is 43.3 Å². The highest BCUT2D eigenvalue weighted by atomic mass is 32.2. The molecule has 60 heavy (non-hydrogen) atoms. The van der Waals surface area contributed by atoms with E-state index in [1.165, 1.54) is 48.8 Å². The molecule has 0 saturated carbocycles. The number of anilines is 1. The molecule has 1 fully saturated rings. The molecule has 0 atom stereocenters. The molecular weight excluding hydrogens is 802 g/mol. The molecule has 0 unspecified atom stereocenters. The average Bonchev–Trinajstić information content (AvgIpc) is 3.54. The van der Waals surface area contributed by atoms with Crippen LogP contribution in [0, 0.1) is 11.6 Å². The number of likely N-dealkylation sites (tertiary alicyclic amines) is 1. The minimum Gasteiger partial charge on any atom is -0.434 e. The zero-order valence-electron chi connectivity index (χ0n) is 34.7. The lowest BCUT2D eigenvalue weighted by Gasteiger charge is -2.29. The van der Waals surface area contributed by atoms with Gasteiger partial charge in [0.05, 0.1) is 35.6 Å². The van der Waals surface area contributed by atoms with E-state index in [2.05, 4.69) is 32.2 Å². The van der Waals surface area contributed by atoms with Crippen LogP contribution in [0.15, 0.2) is 78.7 Å². The number of aromatic nitrogens is 3. The second kappa shape index (κ2) is 21.9. The number of imide groups is 1. The van der Waals surface area contributed by atoms with E-state index in [4.69, 9.17) is 15.2 Å². The van der Waals surface area contributed by atoms with E-state index in [1.54, 1.807) is 32.2 Å². The predicted molar refractivity (Wildman–Crippen MR) is 225 cm³/mol. The molecule has 1 saturated heterocycles. The van der Waals surface area contributed by atoms with Crippen LogP contribution in [0.4, 0.5) is 23.7 Å². The van der Waals surface area contributed by atoms with Crippen LogP contribution < -0.4 is 21.1 Å². The van der Waals surface area contributed by atoms with Gasteiger partial charge in [-0.05, 0) is 102 Å². The van der Waals surface area contributed by atoms with Gasteiger partial charge in [0.1, 0.15) is 17.7 Å². The third kappa shape index (κ3) is 13.7. The van der Waals surface area contributed by atoms with Crippen molar-refractivity contribution in [3.8, 4) is 11.6 Å². The number of ether oxygens (including phenoxy) is 2. The highest BCUT2D eigenvalue weighted by molar-refractivity contribution is 7.96. The van der Waals surface area contributed by atoms with Crippen molar-refractivity contribution in [1.29, 1.82) is 0 Å². The topological polar surface area (TPSA) is 173 Å². The van der Waals surface area contributed by atoms with Crippen LogP contribution in [0.1, 0.15) is 57.4 Å². The summed E-state index contributed by atoms with van der Waals surface area (Å²) < 4.78 is 77.3. The Kier molecular flexibility index (Phi) is 17.4. The molecule has 3 heterocycles. The summed E-state index contributed by atoms with van der Waals surface area (Å²) in [6.45, 7) is 14.0. The number of amides is 3. The molecule has 2 aromatic carbocycles. The summed E-state index contributed by atoms with van der Waals surface area (Å²) in [5, 5.41) is 9.10. The van der Waals surface area contributed by atoms with Crippen molar-refractivity contribution in [2.24, 2.45) is 5.73 Å². The van der Waals surface area contributed by atoms with Crippen molar-refractivity contribution in [2.75, 3.05) is 51.8 Å². The second-order valence-electron chi connectivity index (χ2n) is 15.4. The number of carbonyl (C=O) groups is 2. The van der Waals surface area contributed by atoms with E-state index in [9.17, 15) is 26.8 Å². The van der Waals surface area contributed by atoms with Crippen LogP contribution in [0.25, 0.3) is 5.52 Å². The third-order valence-electron chi connectivity index (χ3n) is 9.51. The zero-order valence-corrected chi connectivity index (χ0v) is 35.5. The quantitative estimate of drug-likeness (QED) is 0.108. The largest absolute Gasteiger partial charge is 0.434 e. The standard InChI is InChI=1S/C39H50F2N8O6S.C3H5F/c1-26(56(52,53)39(2,3)4)23-47(5)17-19-54-18-14-32-21-28(24-48-15-12-30(42)13-16-48)36-37(43-25-44-49(32)36)55-34-11-10-31(22-33(34)41)45-38(51)46-35(50)20-27-6-8-29(40)9-7-27;1-2-3-4/h6-11,21-22,25,30H,1,12-20,23-24,42H2,2-5H3,(H2,45,46,50,51);2-3H,1H3/b;3-2+. The SMILES string of the molecule is C/C=C/F.C=C(CN(C)CCOCCc1cc(CN2CCC(N)CC2)c2c(Oc3ccc(NC(=O)NC(=O)Cc4ccc(F)cc4)cc3F)ncnn12)S(=O)(=O)C(C)(C)C. The number of hydrogen-bond donors (Lipinski definition) is 3. The number of fused-ring (bicyclic) bond motifs is 1. The first-order valence-corrected chi connectivity index (χ1v) is 20.9. The molecule has 1 aliphatic rings. The van der Waals surface area contributed by atoms with Crippen molar-refractivity contribution < 1.29 is 40.7 Å². The minimum atomic E-state index is -3.49. The van der Waals surface area contributed by atoms with E-state index >= 15 is 4.39 Å². The number of rotatable bonds is 16. The fourth-order valence-corrected chi connectivity index (χ4v) is 7.43. The Morgan fingerprint density at radius 1 is 1.08 bits per heavy atom. The molecule has 4 aromatic rings. The third-order valence-corrected chi connectivity index (χ3v) is 12.0. The first-order valence-electron chi connectivity index (χ1n) is 19.5. The molecule has 1 aliphatic heterocycles. The van der Waals surface area contributed by atoms with Gasteiger partial charge in [0.2, 0.25) is 11.8 Å². The van der Waals surface area contributed by atoms with Gasteiger partial charge in [-0.25, -0.2) is 30.9 Å². The predicted octanol–water partition coefficient (Wildman–Crippen LogP) is 6.32. The molecule has 18 heteroatoms. The van der Waals surface area contributed by atoms with Gasteiger partial charge in [0, 0.05) is 49.5 Å². The first kappa shape index (κ1) is 47.5. The molecular formula is C42H55F3N8O6S. The Morgan fingerprint density at radius 3 is 2.40 bits per heavy atom. The Bertz CT molecular complexity index is 2220. The zero-order chi connectivity index (χ0) is 44.0. The number of halogens is 3. The summed E-state index contributed by atoms with van der Waals surface area (Å²) in [5.41, 5.74) is 9.02. The highest BCUT2D eigenvalue weighted by Gasteiger charge is 2.32. The molecule has 14 nitrogen and oxygen atoms in total. The number of nitrogens with one attached hydrogen (secondary N) is 2. The number of piperidine rings is 1. The van der Waals surface area contributed by atoms with Crippen LogP contribution in [0.5, 0.6) is 11.6 Å². The van der Waals surface area contributed by atoms with Gasteiger partial charge in [-0.1, -0.05) is 24.8 Å². The van der Waals surface area contributed by atoms with Crippen LogP contribution in [-0.2, 0) is 38.8 Å². The molecule has 2 aromatic heterocycles. The van der Waals surface area contributed by atoms with Crippen molar-refractivity contribution in [1.82, 2.24) is 29.7 Å². The Labute approximate surface area is 349 Å². The summed E-state index contributed by atoms with van der Waals surface area (Å²) in [6.07, 6.45) is 5.22. The van der Waals surface area contributed by atoms with Gasteiger partial charge in [-0.3, -0.25) is 19.9 Å². The number of benzene rings is 2. The van der Waals surface area contributed by atoms with Crippen LogP contribution in [0.2, 0.25) is 0 Å². The lowest BCUT2D eigenvalue weighted by molar-refractivity contribution is -0.119. The summed E-state index contributed by atoms with van der Waals surface area (Å²) in [4.78, 5) is 33.4. The van der Waals surface area contributed by atoms with Gasteiger partial charge in [-0.15, -0.1) is 0 Å². The fourth-order valence-electron chi connectivity index (χ4n) is 6.17. The maximum atomic E-state index is 15.4. The number of allylic oxidation sites excluding steroid dienone is 1. The van der Waals surface area contributed by atoms with Crippen molar-refractivity contribution in [3.05, 3.63) is 107 Å². The molecule has 0 spiro atoms. The van der Waals surface area contributed by atoms with Crippen molar-refractivity contribution >= 4 is 33.0 Å². The number of sulfone groups is 1. The lowest BCUT2D eigenvalue weighted by atomic mass is 10.1. The summed E-state index contributed by atoms with van der Waals surface area (Å²) >= 11 is 0. The molecule has 326 valence electrons. The lowest BCUT2D eigenvalue weighted by Crippen LogP contribution is -2.39. The Morgan fingerprint density at radius 2 is 1.77 bits per heavy atom. The summed E-state index contributed by atoms with van der Waals surface area (Å²) in [5.74, 6) is -1.86. The van der Waals surface area contributed by atoms with Gasteiger partial charge >= 0.3 is 6.03 Å². The van der Waals surface area contributed by atoms with Crippen LogP contribution >= 0.6 is 0 Å². The Balaban J connectivity index is 0.00000190. The first-order chi connectivity index (χ1) is 28.4. The normalized spacial score (nSPS) is 14.0. The number of nitrogens with two attached hydrogens (primary N) is 1. The molecule has 4 N–H and O–H groups in total. The number of carbonyl (C=O) groups excluding carboxylic acids is 2. The monoisotopic (exact) mass is 856 g/mol. The number of hydrogen-bond acceptors (Lipinski definition) is 11. The summed E-state index contributed by atoms with van der Waals surface area (Å²) in [6, 6.07) is 10.5. The van der Waals surface area contributed by atoms with Crippen LogP contribution in [-0.4, -0.2) is 102 Å². The molecule has 3 amide bonds. The minimum absolute atomic E-state index is 0.0785. The number of nitrogens with zero attached hydrogens (tertiary/aromatic N) is 5. The van der Waals surface area contributed by atoms with Gasteiger partial charge in [0.15, 0.2) is 21.4 Å². The second-order valence-corrected chi connectivity index (χ2v) is 18.2. The maximum absolute atomic E-state index is 15.4. The number of likely N-dealkylation sites (N-methyl/N-ethyl adjacent to an activating group) is 1. The van der Waals surface area contributed by atoms with Gasteiger partial charge < -0.3 is 20.5 Å². The number of urea groups is 1. The summed E-state index contributed by atoms with van der Waals surface area (Å²) in [7, 11) is -1.67. The van der Waals surface area contributed by atoms with Gasteiger partial charge in [0.25, 0.3) is 0 Å². The molecule has 0 bridgehead atoms. The average molecular weight is 857 g/mol. The molecule has 0 aliphatic carbocycles. The van der Waals surface area contributed by atoms with E-state index in [-0.39, 0.29) is 41.2 Å². The van der Waals surface area contributed by atoms with Gasteiger partial charge in [-0.2, -0.15) is 10.1 Å². The fraction of sp³-hybridized carbons (Fsp3) is 0.429. The van der Waals surface area contributed by atoms with E-state index in [0.29, 0.717) is 50.1 Å². The van der Waals surface area contributed by atoms with Crippen molar-refractivity contribution in [2.45, 2.75) is 70.7 Å². The Hall–Kier alpha value is -5.14.